The van der Waals surface area contributed by atoms with Gasteiger partial charge < -0.3 is 14.4 Å². The van der Waals surface area contributed by atoms with Crippen LogP contribution in [-0.2, 0) is 0 Å². The Morgan fingerprint density at radius 2 is 0.732 bits per heavy atom. The van der Waals surface area contributed by atoms with Crippen molar-refractivity contribution >= 4 is 77.5 Å². The highest BCUT2D eigenvalue weighted by Gasteiger charge is 2.22. The Morgan fingerprint density at radius 1 is 0.239 bits per heavy atom. The molecule has 71 heavy (non-hydrogen) atoms. The van der Waals surface area contributed by atoms with E-state index in [1.165, 1.54) is 71.2 Å². The molecule has 3 heteroatoms. The molecule has 0 fully saturated rings. The van der Waals surface area contributed by atoms with E-state index in [1.807, 2.05) is 0 Å². The summed E-state index contributed by atoms with van der Waals surface area (Å²) < 4.78 is 2.38. The SMILES string of the molecule is c1ccc(-c2ccc(N(c3ccc(-c4ccc(N(c5ccc6c(c5)c5ccccc5n6-c5ccccc5)c5cccc6ccccc56)c5ccccc45)cc3)c3cccc(-c4ccccc4)c3)cc2)cc1. The molecule has 0 radical (unpaired) electrons. The first-order chi connectivity index (χ1) is 35.2. The second kappa shape index (κ2) is 17.9. The maximum Gasteiger partial charge on any atom is 0.0542 e. The van der Waals surface area contributed by atoms with Crippen LogP contribution in [0.15, 0.2) is 285 Å². The Morgan fingerprint density at radius 3 is 1.46 bits per heavy atom. The number of anilines is 6. The number of para-hydroxylation sites is 2. The molecule has 0 saturated carbocycles. The summed E-state index contributed by atoms with van der Waals surface area (Å²) >= 11 is 0. The number of aromatic nitrogens is 1. The third kappa shape index (κ3) is 7.58. The van der Waals surface area contributed by atoms with Crippen LogP contribution in [0, 0.1) is 0 Å². The smallest absolute Gasteiger partial charge is 0.0542 e. The number of hydrogen-bond donors (Lipinski definition) is 0. The van der Waals surface area contributed by atoms with Crippen molar-refractivity contribution in [3.8, 4) is 39.1 Å². The second-order valence-corrected chi connectivity index (χ2v) is 18.1. The highest BCUT2D eigenvalue weighted by Crippen LogP contribution is 2.47. The Labute approximate surface area is 414 Å². The molecule has 0 N–H and O–H groups in total. The fourth-order valence-corrected chi connectivity index (χ4v) is 10.6. The minimum atomic E-state index is 1.08. The van der Waals surface area contributed by atoms with Gasteiger partial charge in [-0.1, -0.05) is 200 Å². The summed E-state index contributed by atoms with van der Waals surface area (Å²) in [6.07, 6.45) is 0. The van der Waals surface area contributed by atoms with Gasteiger partial charge in [0.05, 0.1) is 22.4 Å². The molecule has 334 valence electrons. The fraction of sp³-hybridized carbons (Fsp3) is 0. The molecule has 13 rings (SSSR count). The number of rotatable bonds is 10. The van der Waals surface area contributed by atoms with E-state index in [9.17, 15) is 0 Å². The maximum atomic E-state index is 2.47. The number of benzene rings is 12. The van der Waals surface area contributed by atoms with Gasteiger partial charge in [-0.2, -0.15) is 0 Å². The molecule has 0 unspecified atom stereocenters. The first kappa shape index (κ1) is 41.7. The second-order valence-electron chi connectivity index (χ2n) is 18.1. The van der Waals surface area contributed by atoms with Crippen molar-refractivity contribution in [1.82, 2.24) is 4.57 Å². The molecule has 0 spiro atoms. The molecular formula is C68H47N3. The van der Waals surface area contributed by atoms with E-state index >= 15 is 0 Å². The molecular weight excluding hydrogens is 859 g/mol. The molecule has 12 aromatic carbocycles. The first-order valence-corrected chi connectivity index (χ1v) is 24.3. The van der Waals surface area contributed by atoms with Gasteiger partial charge in [-0.25, -0.2) is 0 Å². The lowest BCUT2D eigenvalue weighted by Crippen LogP contribution is -2.11. The standard InChI is InChI=1S/C68H47N3/c1-4-18-48(19-5-1)50-34-38-55(39-35-50)69(57-27-16-24-53(46-57)49-20-6-2-7-21-49)56-40-36-52(37-41-56)59-43-45-67(62-30-13-12-29-61(59)62)71(65-33-17-23-51-22-10-11-28-60(51)65)58-42-44-68-64(47-58)63-31-14-15-32-66(63)70(68)54-25-8-3-9-26-54/h1-47H. The number of hydrogen-bond acceptors (Lipinski definition) is 2. The zero-order chi connectivity index (χ0) is 47.1. The van der Waals surface area contributed by atoms with Gasteiger partial charge in [-0.15, -0.1) is 0 Å². The van der Waals surface area contributed by atoms with Gasteiger partial charge in [0.2, 0.25) is 0 Å². The third-order valence-electron chi connectivity index (χ3n) is 14.0. The Bertz CT molecular complexity index is 4020. The van der Waals surface area contributed by atoms with E-state index < -0.39 is 0 Å². The van der Waals surface area contributed by atoms with E-state index in [-0.39, 0.29) is 0 Å². The van der Waals surface area contributed by atoms with Gasteiger partial charge in [0.15, 0.2) is 0 Å². The van der Waals surface area contributed by atoms with Gasteiger partial charge >= 0.3 is 0 Å². The van der Waals surface area contributed by atoms with E-state index in [1.54, 1.807) is 0 Å². The lowest BCUT2D eigenvalue weighted by molar-refractivity contribution is 1.18. The largest absolute Gasteiger partial charge is 0.310 e. The van der Waals surface area contributed by atoms with Crippen molar-refractivity contribution in [3.05, 3.63) is 285 Å². The third-order valence-corrected chi connectivity index (χ3v) is 14.0. The van der Waals surface area contributed by atoms with Crippen LogP contribution in [0.3, 0.4) is 0 Å². The highest BCUT2D eigenvalue weighted by molar-refractivity contribution is 6.13. The average molecular weight is 906 g/mol. The van der Waals surface area contributed by atoms with E-state index in [0.29, 0.717) is 0 Å². The van der Waals surface area contributed by atoms with Gasteiger partial charge in [0, 0.05) is 50.0 Å². The normalized spacial score (nSPS) is 11.4. The Kier molecular flexibility index (Phi) is 10.5. The zero-order valence-electron chi connectivity index (χ0n) is 39.0. The van der Waals surface area contributed by atoms with Crippen LogP contribution in [0.1, 0.15) is 0 Å². The fourth-order valence-electron chi connectivity index (χ4n) is 10.6. The summed E-state index contributed by atoms with van der Waals surface area (Å²) in [5.41, 5.74) is 17.2. The van der Waals surface area contributed by atoms with Crippen molar-refractivity contribution < 1.29 is 0 Å². The van der Waals surface area contributed by atoms with Crippen LogP contribution in [0.4, 0.5) is 34.1 Å². The molecule has 1 aromatic heterocycles. The van der Waals surface area contributed by atoms with Gasteiger partial charge in [0.1, 0.15) is 0 Å². The molecule has 0 amide bonds. The Hall–Kier alpha value is -9.44. The number of fused-ring (bicyclic) bond motifs is 5. The molecule has 0 aliphatic heterocycles. The summed E-state index contributed by atoms with van der Waals surface area (Å²) in [6, 6.07) is 103. The summed E-state index contributed by atoms with van der Waals surface area (Å²) in [7, 11) is 0. The summed E-state index contributed by atoms with van der Waals surface area (Å²) in [4.78, 5) is 4.83. The monoisotopic (exact) mass is 905 g/mol. The Balaban J connectivity index is 0.938. The molecule has 0 aliphatic carbocycles. The van der Waals surface area contributed by atoms with Crippen LogP contribution in [-0.4, -0.2) is 4.57 Å². The van der Waals surface area contributed by atoms with Crippen molar-refractivity contribution in [2.24, 2.45) is 0 Å². The molecule has 1 heterocycles. The first-order valence-electron chi connectivity index (χ1n) is 24.3. The topological polar surface area (TPSA) is 11.4 Å². The highest BCUT2D eigenvalue weighted by atomic mass is 15.2. The summed E-state index contributed by atoms with van der Waals surface area (Å²) in [5.74, 6) is 0. The van der Waals surface area contributed by atoms with Crippen LogP contribution in [0.5, 0.6) is 0 Å². The molecule has 0 atom stereocenters. The zero-order valence-corrected chi connectivity index (χ0v) is 39.0. The minimum absolute atomic E-state index is 1.08. The molecule has 0 saturated heterocycles. The van der Waals surface area contributed by atoms with E-state index in [0.717, 1.165) is 45.4 Å². The quantitative estimate of drug-likeness (QED) is 0.135. The lowest BCUT2D eigenvalue weighted by Gasteiger charge is -2.29. The van der Waals surface area contributed by atoms with Crippen LogP contribution < -0.4 is 9.80 Å². The van der Waals surface area contributed by atoms with Gasteiger partial charge in [-0.05, 0) is 129 Å². The molecule has 0 aliphatic rings. The average Bonchev–Trinajstić information content (AvgIpc) is 3.78. The number of nitrogens with zero attached hydrogens (tertiary/aromatic N) is 3. The molecule has 0 bridgehead atoms. The van der Waals surface area contributed by atoms with Crippen molar-refractivity contribution in [3.63, 3.8) is 0 Å². The van der Waals surface area contributed by atoms with Crippen molar-refractivity contribution in [2.75, 3.05) is 9.80 Å². The predicted octanol–water partition coefficient (Wildman–Crippen LogP) is 19.0. The molecule has 3 nitrogen and oxygen atoms in total. The van der Waals surface area contributed by atoms with Gasteiger partial charge in [0.25, 0.3) is 0 Å². The van der Waals surface area contributed by atoms with Crippen LogP contribution >= 0.6 is 0 Å². The predicted molar refractivity (Wildman–Crippen MR) is 301 cm³/mol. The van der Waals surface area contributed by atoms with Gasteiger partial charge in [-0.3, -0.25) is 0 Å². The summed E-state index contributed by atoms with van der Waals surface area (Å²) in [5, 5.41) is 7.19. The van der Waals surface area contributed by atoms with Crippen molar-refractivity contribution in [2.45, 2.75) is 0 Å². The van der Waals surface area contributed by atoms with E-state index in [2.05, 4.69) is 299 Å². The van der Waals surface area contributed by atoms with E-state index in [4.69, 9.17) is 0 Å². The molecule has 13 aromatic rings. The van der Waals surface area contributed by atoms with Crippen molar-refractivity contribution in [1.29, 1.82) is 0 Å². The minimum Gasteiger partial charge on any atom is -0.310 e. The van der Waals surface area contributed by atoms with Crippen LogP contribution in [0.25, 0.3) is 82.4 Å². The summed E-state index contributed by atoms with van der Waals surface area (Å²) in [6.45, 7) is 0. The van der Waals surface area contributed by atoms with Crippen LogP contribution in [0.2, 0.25) is 0 Å². The maximum absolute atomic E-state index is 2.47. The lowest BCUT2D eigenvalue weighted by atomic mass is 9.95.